The largest absolute Gasteiger partial charge is 0.476 e. The van der Waals surface area contributed by atoms with Crippen molar-refractivity contribution < 1.29 is 9.90 Å². The van der Waals surface area contributed by atoms with Crippen LogP contribution < -0.4 is 0 Å². The Hall–Kier alpha value is -2.24. The number of carboxylic acids is 1. The van der Waals surface area contributed by atoms with E-state index in [9.17, 15) is 9.90 Å². The molecular weight excluding hydrogens is 304 g/mol. The van der Waals surface area contributed by atoms with Gasteiger partial charge in [-0.3, -0.25) is 5.10 Å². The highest BCUT2D eigenvalue weighted by atomic mass is 16.4. The first-order chi connectivity index (χ1) is 11.3. The molecule has 0 unspecified atom stereocenters. The normalized spacial score (nSPS) is 11.5. The predicted octanol–water partition coefficient (Wildman–Crippen LogP) is 3.52. The average Bonchev–Trinajstić information content (AvgIpc) is 2.93. The molecule has 2 aromatic heterocycles. The summed E-state index contributed by atoms with van der Waals surface area (Å²) in [6.45, 7) is 10.5. The molecule has 6 nitrogen and oxygen atoms in total. The number of H-pyrrole nitrogens is 1. The molecule has 0 aromatic carbocycles. The second kappa shape index (κ2) is 7.55. The minimum Gasteiger partial charge on any atom is -0.476 e. The second-order valence-electron chi connectivity index (χ2n) is 6.99. The number of aromatic nitrogens is 4. The highest BCUT2D eigenvalue weighted by Crippen LogP contribution is 2.27. The zero-order valence-corrected chi connectivity index (χ0v) is 15.1. The third-order valence-corrected chi connectivity index (χ3v) is 3.86. The van der Waals surface area contributed by atoms with E-state index in [1.165, 1.54) is 0 Å². The molecule has 0 aliphatic heterocycles. The summed E-state index contributed by atoms with van der Waals surface area (Å²) < 4.78 is 0. The van der Waals surface area contributed by atoms with Gasteiger partial charge in [0.15, 0.2) is 5.69 Å². The molecule has 0 amide bonds. The number of nitrogens with one attached hydrogen (secondary N) is 1. The number of aromatic carboxylic acids is 1. The molecule has 0 aliphatic rings. The summed E-state index contributed by atoms with van der Waals surface area (Å²) in [5.74, 6) is -0.118. The van der Waals surface area contributed by atoms with Gasteiger partial charge in [0.25, 0.3) is 0 Å². The molecule has 2 rings (SSSR count). The molecule has 0 fully saturated rings. The van der Waals surface area contributed by atoms with Crippen LogP contribution in [0.5, 0.6) is 0 Å². The van der Waals surface area contributed by atoms with Crippen molar-refractivity contribution in [2.45, 2.75) is 53.9 Å². The Morgan fingerprint density at radius 2 is 1.79 bits per heavy atom. The van der Waals surface area contributed by atoms with Gasteiger partial charge in [-0.2, -0.15) is 5.10 Å². The Kier molecular flexibility index (Phi) is 5.70. The number of nitrogens with zero attached hydrogens (tertiary/aromatic N) is 3. The first-order valence-electron chi connectivity index (χ1n) is 8.49. The Morgan fingerprint density at radius 3 is 2.33 bits per heavy atom. The Balaban J connectivity index is 2.56. The SMILES string of the molecule is CCc1c(C(=O)O)nnc(-c2cc(CC(C)C)[nH]n2)c1CC(C)C. The number of hydrogen-bond acceptors (Lipinski definition) is 4. The molecule has 0 saturated carbocycles. The standard InChI is InChI=1S/C18H26N4O2/c1-6-13-14(8-11(4)5)16(21-22-17(13)18(23)24)15-9-12(19-20-15)7-10(2)3/h9-11H,6-8H2,1-5H3,(H,19,20)(H,23,24). The van der Waals surface area contributed by atoms with Gasteiger partial charge in [-0.15, -0.1) is 10.2 Å². The van der Waals surface area contributed by atoms with E-state index in [-0.39, 0.29) is 5.69 Å². The van der Waals surface area contributed by atoms with Crippen LogP contribution >= 0.6 is 0 Å². The van der Waals surface area contributed by atoms with Crippen molar-refractivity contribution in [1.29, 1.82) is 0 Å². The van der Waals surface area contributed by atoms with E-state index >= 15 is 0 Å². The van der Waals surface area contributed by atoms with Gasteiger partial charge in [-0.05, 0) is 48.3 Å². The van der Waals surface area contributed by atoms with Crippen LogP contribution in [0.4, 0.5) is 0 Å². The lowest BCUT2D eigenvalue weighted by Gasteiger charge is -2.15. The van der Waals surface area contributed by atoms with Crippen LogP contribution in [0.25, 0.3) is 11.4 Å². The molecule has 2 aromatic rings. The fraction of sp³-hybridized carbons (Fsp3) is 0.556. The summed E-state index contributed by atoms with van der Waals surface area (Å²) >= 11 is 0. The van der Waals surface area contributed by atoms with Gasteiger partial charge in [0.05, 0.1) is 0 Å². The molecule has 0 saturated heterocycles. The van der Waals surface area contributed by atoms with Crippen molar-refractivity contribution in [2.24, 2.45) is 11.8 Å². The maximum atomic E-state index is 11.5. The van der Waals surface area contributed by atoms with Gasteiger partial charge < -0.3 is 5.11 Å². The van der Waals surface area contributed by atoms with Crippen molar-refractivity contribution in [1.82, 2.24) is 20.4 Å². The Labute approximate surface area is 142 Å². The van der Waals surface area contributed by atoms with E-state index in [2.05, 4.69) is 48.1 Å². The molecule has 2 heterocycles. The number of hydrogen-bond donors (Lipinski definition) is 2. The zero-order valence-electron chi connectivity index (χ0n) is 15.1. The van der Waals surface area contributed by atoms with Crippen LogP contribution in [0.1, 0.15) is 61.9 Å². The lowest BCUT2D eigenvalue weighted by atomic mass is 9.93. The quantitative estimate of drug-likeness (QED) is 0.810. The zero-order chi connectivity index (χ0) is 17.9. The fourth-order valence-electron chi connectivity index (χ4n) is 2.92. The van der Waals surface area contributed by atoms with Crippen molar-refractivity contribution in [3.63, 3.8) is 0 Å². The van der Waals surface area contributed by atoms with Gasteiger partial charge >= 0.3 is 5.97 Å². The van der Waals surface area contributed by atoms with Crippen LogP contribution in [0, 0.1) is 11.8 Å². The molecule has 2 N–H and O–H groups in total. The molecular formula is C18H26N4O2. The lowest BCUT2D eigenvalue weighted by Crippen LogP contribution is -2.13. The molecule has 0 spiro atoms. The van der Waals surface area contributed by atoms with Gasteiger partial charge in [-0.25, -0.2) is 4.79 Å². The smallest absolute Gasteiger partial charge is 0.356 e. The minimum atomic E-state index is -1.03. The van der Waals surface area contributed by atoms with Gasteiger partial charge in [0, 0.05) is 5.69 Å². The topological polar surface area (TPSA) is 91.8 Å². The van der Waals surface area contributed by atoms with Crippen molar-refractivity contribution in [3.8, 4) is 11.4 Å². The number of rotatable bonds is 7. The number of aromatic amines is 1. The highest BCUT2D eigenvalue weighted by molar-refractivity contribution is 5.88. The van der Waals surface area contributed by atoms with Crippen molar-refractivity contribution >= 4 is 5.97 Å². The molecule has 24 heavy (non-hydrogen) atoms. The third-order valence-electron chi connectivity index (χ3n) is 3.86. The summed E-state index contributed by atoms with van der Waals surface area (Å²) in [5.41, 5.74) is 4.24. The molecule has 0 radical (unpaired) electrons. The maximum absolute atomic E-state index is 11.5. The van der Waals surface area contributed by atoms with Gasteiger partial charge in [-0.1, -0.05) is 34.6 Å². The third kappa shape index (κ3) is 3.99. The van der Waals surface area contributed by atoms with Crippen LogP contribution in [0.3, 0.4) is 0 Å². The van der Waals surface area contributed by atoms with E-state index < -0.39 is 5.97 Å². The predicted molar refractivity (Wildman–Crippen MR) is 93.0 cm³/mol. The van der Waals surface area contributed by atoms with Crippen LogP contribution in [-0.4, -0.2) is 31.5 Å². The number of carboxylic acid groups (broad SMARTS) is 1. The molecule has 0 bridgehead atoms. The second-order valence-corrected chi connectivity index (χ2v) is 6.99. The first kappa shape index (κ1) is 18.1. The first-order valence-corrected chi connectivity index (χ1v) is 8.49. The molecule has 0 aliphatic carbocycles. The summed E-state index contributed by atoms with van der Waals surface area (Å²) in [7, 11) is 0. The summed E-state index contributed by atoms with van der Waals surface area (Å²) in [5, 5.41) is 25.0. The van der Waals surface area contributed by atoms with Crippen molar-refractivity contribution in [3.05, 3.63) is 28.6 Å². The van der Waals surface area contributed by atoms with Crippen LogP contribution in [-0.2, 0) is 19.3 Å². The van der Waals surface area contributed by atoms with E-state index in [1.54, 1.807) is 0 Å². The van der Waals surface area contributed by atoms with Crippen molar-refractivity contribution in [2.75, 3.05) is 0 Å². The van der Waals surface area contributed by atoms with E-state index in [1.807, 2.05) is 13.0 Å². The van der Waals surface area contributed by atoms with Crippen LogP contribution in [0.15, 0.2) is 6.07 Å². The van der Waals surface area contributed by atoms with E-state index in [0.717, 1.165) is 35.4 Å². The summed E-state index contributed by atoms with van der Waals surface area (Å²) in [4.78, 5) is 11.5. The fourth-order valence-corrected chi connectivity index (χ4v) is 2.92. The van der Waals surface area contributed by atoms with E-state index in [4.69, 9.17) is 0 Å². The monoisotopic (exact) mass is 330 g/mol. The lowest BCUT2D eigenvalue weighted by molar-refractivity contribution is 0.0687. The molecule has 130 valence electrons. The Bertz CT molecular complexity index is 720. The highest BCUT2D eigenvalue weighted by Gasteiger charge is 2.22. The minimum absolute atomic E-state index is 0.0508. The average molecular weight is 330 g/mol. The van der Waals surface area contributed by atoms with Gasteiger partial charge in [0.2, 0.25) is 0 Å². The number of carbonyl (C=O) groups is 1. The summed E-state index contributed by atoms with van der Waals surface area (Å²) in [6.07, 6.45) is 2.27. The maximum Gasteiger partial charge on any atom is 0.356 e. The van der Waals surface area contributed by atoms with E-state index in [0.29, 0.717) is 24.0 Å². The Morgan fingerprint density at radius 1 is 1.12 bits per heavy atom. The summed E-state index contributed by atoms with van der Waals surface area (Å²) in [6, 6.07) is 1.99. The van der Waals surface area contributed by atoms with Gasteiger partial charge in [0.1, 0.15) is 11.4 Å². The molecule has 0 atom stereocenters. The molecule has 6 heteroatoms. The van der Waals surface area contributed by atoms with Crippen LogP contribution in [0.2, 0.25) is 0 Å².